The first-order valence-electron chi connectivity index (χ1n) is 21.4. The number of rotatable bonds is 30. The fourth-order valence-corrected chi connectivity index (χ4v) is 10.8. The summed E-state index contributed by atoms with van der Waals surface area (Å²) >= 11 is 4.44. The maximum Gasteiger partial charge on any atom is 0.169 e. The molecule has 0 bridgehead atoms. The summed E-state index contributed by atoms with van der Waals surface area (Å²) in [7, 11) is -8.43. The number of nitrogens with zero attached hydrogens (tertiary/aromatic N) is 2. The van der Waals surface area contributed by atoms with Gasteiger partial charge < -0.3 is 38.9 Å². The predicted molar refractivity (Wildman–Crippen MR) is 260 cm³/mol. The standard InChI is InChI=1S/C23H25NO12S4.C23H25NO6S2/c1-16(32-25)4-2-12-31-19-6-5-18(14-21(19)38-35-33-26)23-22(39-36-34-27)15-20(37-23)17-7-10-24(11-8-17)9-3-13-40(28,29)30;1-18(30-25)4-2-16-29-21-7-5-19(6-8-21)22-9-10-23(31-22)20-11-14-24(15-12-20)13-3-17-32(26,27)28/h5-8,10-11,14-15H,1-4,9,12-13H2,(H3-,25,26,27,28,29,30);5-12,14-15H,1-4,13,16-17H2,(H-,25,26,27,28)/p-2. The van der Waals surface area contributed by atoms with Crippen LogP contribution in [0.1, 0.15) is 38.5 Å². The molecule has 6 rings (SSSR count). The van der Waals surface area contributed by atoms with Gasteiger partial charge in [0.05, 0.1) is 72.2 Å². The summed E-state index contributed by atoms with van der Waals surface area (Å²) in [6, 6.07) is 26.6. The average molecular weight is 1110 g/mol. The Labute approximate surface area is 432 Å². The Morgan fingerprint density at radius 1 is 0.569 bits per heavy atom. The Balaban J connectivity index is 0.000000274. The highest BCUT2D eigenvalue weighted by Crippen LogP contribution is 2.45. The second kappa shape index (κ2) is 29.7. The fourth-order valence-electron chi connectivity index (χ4n) is 6.47. The topological polar surface area (TPSA) is 283 Å². The van der Waals surface area contributed by atoms with Gasteiger partial charge in [0.1, 0.15) is 36.1 Å². The second-order valence-corrected chi connectivity index (χ2v) is 21.8. The lowest BCUT2D eigenvalue weighted by Gasteiger charge is -2.13. The van der Waals surface area contributed by atoms with Crippen LogP contribution in [0.15, 0.2) is 144 Å². The van der Waals surface area contributed by atoms with E-state index < -0.39 is 26.0 Å². The molecule has 0 aliphatic heterocycles. The molecule has 26 heteroatoms. The van der Waals surface area contributed by atoms with E-state index in [2.05, 4.69) is 53.8 Å². The molecule has 20 nitrogen and oxygen atoms in total. The third kappa shape index (κ3) is 20.1. The van der Waals surface area contributed by atoms with Crippen molar-refractivity contribution in [2.75, 3.05) is 24.7 Å². The Bertz CT molecular complexity index is 2860. The monoisotopic (exact) mass is 1110 g/mol. The van der Waals surface area contributed by atoms with Crippen LogP contribution in [0.25, 0.3) is 41.8 Å². The maximum atomic E-state index is 10.8. The zero-order valence-corrected chi connectivity index (χ0v) is 43.0. The lowest BCUT2D eigenvalue weighted by atomic mass is 10.1. The summed E-state index contributed by atoms with van der Waals surface area (Å²) in [5.74, 6) is 0.905. The third-order valence-electron chi connectivity index (χ3n) is 9.91. The van der Waals surface area contributed by atoms with Crippen LogP contribution in [-0.4, -0.2) is 61.2 Å². The molecule has 0 radical (unpaired) electrons. The van der Waals surface area contributed by atoms with Crippen LogP contribution in [-0.2, 0) is 61.8 Å². The average Bonchev–Trinajstić information content (AvgIpc) is 4.04. The Kier molecular flexibility index (Phi) is 23.9. The number of benzene rings is 2. The molecule has 0 aliphatic carbocycles. The molecule has 4 heterocycles. The SMILES string of the molecule is C=C(CCCOc1ccc(-c2ccc(-c3cc[n+](CCCS(=O)(=O)[O-])cc3)s2)cc1)OO.C=C(CCCOc1ccc(-c2sc(-c3cc[n+](CCCS(=O)(=O)[O-])cc3)cc2SOO[O-])cc1SOO[O-])OO. The number of pyridine rings is 2. The predicted octanol–water partition coefficient (Wildman–Crippen LogP) is 7.40. The summed E-state index contributed by atoms with van der Waals surface area (Å²) in [5, 5.41) is 45.0. The number of ether oxygens (including phenoxy) is 2. The van der Waals surface area contributed by atoms with Gasteiger partial charge in [-0.2, -0.15) is 8.67 Å². The smallest absolute Gasteiger partial charge is 0.169 e. The van der Waals surface area contributed by atoms with Crippen LogP contribution in [0.4, 0.5) is 0 Å². The quantitative estimate of drug-likeness (QED) is 0.00845. The molecule has 0 unspecified atom stereocenters. The molecule has 2 aromatic carbocycles. The molecule has 0 spiro atoms. The molecule has 72 heavy (non-hydrogen) atoms. The van der Waals surface area contributed by atoms with Crippen molar-refractivity contribution in [3.05, 3.63) is 134 Å². The summed E-state index contributed by atoms with van der Waals surface area (Å²) in [6.45, 7) is 8.68. The van der Waals surface area contributed by atoms with Gasteiger partial charge in [-0.3, -0.25) is 10.1 Å². The molecular weight excluding hydrogens is 1060 g/mol. The Hall–Kier alpha value is -4.98. The molecule has 0 saturated heterocycles. The first-order chi connectivity index (χ1) is 34.6. The van der Waals surface area contributed by atoms with Crippen molar-refractivity contribution in [1.29, 1.82) is 0 Å². The van der Waals surface area contributed by atoms with Crippen molar-refractivity contribution >= 4 is 67.0 Å². The maximum absolute atomic E-state index is 10.8. The number of hydrogen-bond donors (Lipinski definition) is 2. The first-order valence-corrected chi connectivity index (χ1v) is 27.7. The lowest BCUT2D eigenvalue weighted by molar-refractivity contribution is -0.777. The number of allylic oxidation sites excluding steroid dienone is 2. The van der Waals surface area contributed by atoms with Crippen LogP contribution >= 0.6 is 46.8 Å². The molecule has 6 aromatic rings. The minimum atomic E-state index is -4.27. The molecule has 4 aromatic heterocycles. The van der Waals surface area contributed by atoms with E-state index in [4.69, 9.17) is 20.0 Å². The van der Waals surface area contributed by atoms with Crippen molar-refractivity contribution in [1.82, 2.24) is 0 Å². The summed E-state index contributed by atoms with van der Waals surface area (Å²) in [5.41, 5.74) is 3.69. The minimum absolute atomic E-state index is 0.194. The van der Waals surface area contributed by atoms with Gasteiger partial charge in [0.2, 0.25) is 0 Å². The van der Waals surface area contributed by atoms with Gasteiger partial charge in [-0.1, -0.05) is 13.2 Å². The van der Waals surface area contributed by atoms with Crippen molar-refractivity contribution in [2.24, 2.45) is 0 Å². The first kappa shape index (κ1) is 57.9. The highest BCUT2D eigenvalue weighted by atomic mass is 32.2. The Morgan fingerprint density at radius 3 is 1.54 bits per heavy atom. The zero-order chi connectivity index (χ0) is 51.9. The van der Waals surface area contributed by atoms with E-state index in [9.17, 15) is 36.5 Å². The lowest BCUT2D eigenvalue weighted by Crippen LogP contribution is -2.33. The van der Waals surface area contributed by atoms with Gasteiger partial charge in [-0.05, 0) is 84.6 Å². The number of aromatic nitrogens is 2. The summed E-state index contributed by atoms with van der Waals surface area (Å²) in [6.07, 6.45) is 9.90. The van der Waals surface area contributed by atoms with Crippen LogP contribution in [0.3, 0.4) is 0 Å². The third-order valence-corrected chi connectivity index (χ3v) is 15.3. The number of aryl methyl sites for hydroxylation is 2. The van der Waals surface area contributed by atoms with E-state index in [0.717, 1.165) is 49.1 Å². The summed E-state index contributed by atoms with van der Waals surface area (Å²) in [4.78, 5) is 12.9. The van der Waals surface area contributed by atoms with E-state index in [1.165, 1.54) is 11.3 Å². The highest BCUT2D eigenvalue weighted by Gasteiger charge is 2.18. The van der Waals surface area contributed by atoms with Crippen LogP contribution in [0.5, 0.6) is 11.5 Å². The molecule has 388 valence electrons. The zero-order valence-electron chi connectivity index (χ0n) is 38.1. The molecule has 0 amide bonds. The Morgan fingerprint density at radius 2 is 1.04 bits per heavy atom. The van der Waals surface area contributed by atoms with Crippen LogP contribution < -0.4 is 29.1 Å². The number of hydrogen-bond acceptors (Lipinski definition) is 22. The molecule has 0 saturated carbocycles. The van der Waals surface area contributed by atoms with Crippen LogP contribution in [0.2, 0.25) is 0 Å². The molecular formula is C46H48N2O18S6-2. The van der Waals surface area contributed by atoms with E-state index in [0.29, 0.717) is 95.6 Å². The molecule has 0 fully saturated rings. The summed E-state index contributed by atoms with van der Waals surface area (Å²) < 4.78 is 88.8. The molecule has 0 aliphatic rings. The second-order valence-electron chi connectivity index (χ2n) is 15.1. The van der Waals surface area contributed by atoms with E-state index >= 15 is 0 Å². The minimum Gasteiger partial charge on any atom is -0.748 e. The fraction of sp³-hybridized carbons (Fsp3) is 0.261. The van der Waals surface area contributed by atoms with Crippen molar-refractivity contribution in [3.8, 4) is 53.3 Å². The van der Waals surface area contributed by atoms with Gasteiger partial charge in [0.25, 0.3) is 0 Å². The van der Waals surface area contributed by atoms with Gasteiger partial charge >= 0.3 is 0 Å². The number of thiophene rings is 2. The van der Waals surface area contributed by atoms with E-state index in [-0.39, 0.29) is 24.5 Å². The molecule has 0 atom stereocenters. The van der Waals surface area contributed by atoms with Crippen molar-refractivity contribution in [2.45, 2.75) is 61.4 Å². The van der Waals surface area contributed by atoms with Gasteiger partial charge in [0.15, 0.2) is 24.8 Å². The van der Waals surface area contributed by atoms with Crippen molar-refractivity contribution < 1.29 is 94.1 Å². The van der Waals surface area contributed by atoms with Gasteiger partial charge in [-0.25, -0.2) is 36.5 Å². The normalized spacial score (nSPS) is 11.4. The van der Waals surface area contributed by atoms with E-state index in [1.54, 1.807) is 52.6 Å². The van der Waals surface area contributed by atoms with Crippen molar-refractivity contribution in [3.63, 3.8) is 0 Å². The van der Waals surface area contributed by atoms with Gasteiger partial charge in [0, 0.05) is 87.2 Å². The largest absolute Gasteiger partial charge is 0.748 e. The van der Waals surface area contributed by atoms with E-state index in [1.807, 2.05) is 65.5 Å². The van der Waals surface area contributed by atoms with Gasteiger partial charge in [-0.15, -0.1) is 22.7 Å². The van der Waals surface area contributed by atoms with Crippen LogP contribution in [0, 0.1) is 0 Å². The highest BCUT2D eigenvalue weighted by molar-refractivity contribution is 7.95. The molecule has 2 N–H and O–H groups in total.